The van der Waals surface area contributed by atoms with E-state index < -0.39 is 5.82 Å². The molecule has 0 saturated carbocycles. The molecule has 2 aromatic heterocycles. The molecule has 0 fully saturated rings. The third-order valence-electron chi connectivity index (χ3n) is 4.28. The maximum absolute atomic E-state index is 13.3. The number of hydrogen-bond donors (Lipinski definition) is 2. The summed E-state index contributed by atoms with van der Waals surface area (Å²) < 4.78 is 21.4. The molecular weight excluding hydrogens is 471 g/mol. The van der Waals surface area contributed by atoms with Crippen molar-refractivity contribution >= 4 is 57.3 Å². The number of carbonyl (C=O) groups excluding carboxylic acids is 1. The number of ether oxygens (including phenoxy) is 1. The Kier molecular flexibility index (Phi) is 6.68. The van der Waals surface area contributed by atoms with Gasteiger partial charge in [0, 0.05) is 11.4 Å². The summed E-state index contributed by atoms with van der Waals surface area (Å²) in [4.78, 5) is 32.0. The van der Waals surface area contributed by atoms with Crippen molar-refractivity contribution in [2.45, 2.75) is 12.1 Å². The largest absolute Gasteiger partial charge is 0.494 e. The van der Waals surface area contributed by atoms with Gasteiger partial charge in [0.2, 0.25) is 5.91 Å². The third kappa shape index (κ3) is 4.90. The number of thioether (sulfide) groups is 1. The number of nitrogens with zero attached hydrogens (tertiary/aromatic N) is 2. The zero-order valence-electron chi connectivity index (χ0n) is 16.8. The number of carbonyl (C=O) groups is 1. The highest BCUT2D eigenvalue weighted by Crippen LogP contribution is 2.26. The topological polar surface area (TPSA) is 89.0 Å². The number of amides is 1. The minimum atomic E-state index is -0.442. The van der Waals surface area contributed by atoms with Crippen LogP contribution in [0.1, 0.15) is 6.92 Å². The van der Waals surface area contributed by atoms with Gasteiger partial charge in [0.15, 0.2) is 14.8 Å². The first kappa shape index (κ1) is 22.2. The molecular formula is C21H17FN4O3S3. The van der Waals surface area contributed by atoms with Gasteiger partial charge in [-0.25, -0.2) is 9.37 Å². The summed E-state index contributed by atoms with van der Waals surface area (Å²) in [5.74, 6) is -0.0765. The van der Waals surface area contributed by atoms with Gasteiger partial charge in [0.05, 0.1) is 12.4 Å². The zero-order chi connectivity index (χ0) is 22.7. The summed E-state index contributed by atoms with van der Waals surface area (Å²) in [6, 6.07) is 13.0. The highest BCUT2D eigenvalue weighted by Gasteiger charge is 2.15. The standard InChI is InChI=1S/C21H17FN4O3S3/c1-2-29-15-8-6-14(7-9-15)26-18-17(32-21(26)30)19(28)25-20(24-18)31-11-16(27)23-13-5-3-4-12(22)10-13/h3-10H,2,11H2,1H3,(H,23,27)(H,24,25,28). The Labute approximate surface area is 195 Å². The molecule has 164 valence electrons. The number of rotatable bonds is 7. The fourth-order valence-electron chi connectivity index (χ4n) is 2.94. The smallest absolute Gasteiger partial charge is 0.271 e. The number of hydrogen-bond acceptors (Lipinski definition) is 7. The molecule has 0 aliphatic heterocycles. The van der Waals surface area contributed by atoms with Gasteiger partial charge < -0.3 is 15.0 Å². The van der Waals surface area contributed by atoms with Crippen LogP contribution in [0.2, 0.25) is 0 Å². The lowest BCUT2D eigenvalue weighted by atomic mass is 10.3. The summed E-state index contributed by atoms with van der Waals surface area (Å²) in [7, 11) is 0. The number of benzene rings is 2. The van der Waals surface area contributed by atoms with Gasteiger partial charge in [0.25, 0.3) is 5.56 Å². The molecule has 11 heteroatoms. The molecule has 0 aliphatic carbocycles. The van der Waals surface area contributed by atoms with E-state index in [0.29, 0.717) is 26.6 Å². The molecule has 32 heavy (non-hydrogen) atoms. The van der Waals surface area contributed by atoms with Crippen molar-refractivity contribution in [1.82, 2.24) is 14.5 Å². The average Bonchev–Trinajstić information content (AvgIpc) is 3.10. The fraction of sp³-hybridized carbons (Fsp3) is 0.143. The average molecular weight is 489 g/mol. The van der Waals surface area contributed by atoms with Gasteiger partial charge in [-0.2, -0.15) is 0 Å². The van der Waals surface area contributed by atoms with E-state index in [1.165, 1.54) is 29.5 Å². The number of thiazole rings is 1. The van der Waals surface area contributed by atoms with Gasteiger partial charge in [-0.3, -0.25) is 14.2 Å². The predicted molar refractivity (Wildman–Crippen MR) is 127 cm³/mol. The lowest BCUT2D eigenvalue weighted by molar-refractivity contribution is -0.113. The first-order valence-electron chi connectivity index (χ1n) is 9.52. The zero-order valence-corrected chi connectivity index (χ0v) is 19.2. The summed E-state index contributed by atoms with van der Waals surface area (Å²) in [6.07, 6.45) is 0. The maximum Gasteiger partial charge on any atom is 0.271 e. The third-order valence-corrected chi connectivity index (χ3v) is 6.51. The van der Waals surface area contributed by atoms with Crippen molar-refractivity contribution in [1.29, 1.82) is 0 Å². The fourth-order valence-corrected chi connectivity index (χ4v) is 4.87. The lowest BCUT2D eigenvalue weighted by Gasteiger charge is -2.08. The Hall–Kier alpha value is -3.02. The molecule has 2 heterocycles. The summed E-state index contributed by atoms with van der Waals surface area (Å²) in [5.41, 5.74) is 1.20. The second-order valence-corrected chi connectivity index (χ2v) is 9.11. The van der Waals surface area contributed by atoms with Crippen LogP contribution in [0.25, 0.3) is 16.0 Å². The highest BCUT2D eigenvalue weighted by atomic mass is 32.2. The molecule has 0 atom stereocenters. The Balaban J connectivity index is 1.58. The van der Waals surface area contributed by atoms with E-state index in [9.17, 15) is 14.0 Å². The second-order valence-electron chi connectivity index (χ2n) is 6.50. The van der Waals surface area contributed by atoms with Crippen molar-refractivity contribution in [2.75, 3.05) is 17.7 Å². The summed E-state index contributed by atoms with van der Waals surface area (Å²) in [6.45, 7) is 2.47. The predicted octanol–water partition coefficient (Wildman–Crippen LogP) is 4.77. The monoisotopic (exact) mass is 488 g/mol. The molecule has 4 aromatic rings. The minimum absolute atomic E-state index is 0.0150. The van der Waals surface area contributed by atoms with E-state index in [1.807, 2.05) is 31.2 Å². The molecule has 4 rings (SSSR count). The number of aromatic amines is 1. The Morgan fingerprint density at radius 1 is 1.31 bits per heavy atom. The maximum atomic E-state index is 13.3. The van der Waals surface area contributed by atoms with Crippen molar-refractivity contribution in [3.05, 3.63) is 68.7 Å². The number of aromatic nitrogens is 3. The van der Waals surface area contributed by atoms with Gasteiger partial charge >= 0.3 is 0 Å². The highest BCUT2D eigenvalue weighted by molar-refractivity contribution is 7.99. The number of H-pyrrole nitrogens is 1. The van der Waals surface area contributed by atoms with E-state index in [2.05, 4.69) is 15.3 Å². The van der Waals surface area contributed by atoms with Gasteiger partial charge in [-0.15, -0.1) is 0 Å². The summed E-state index contributed by atoms with van der Waals surface area (Å²) >= 11 is 7.70. The Bertz CT molecular complexity index is 1400. The van der Waals surface area contributed by atoms with Crippen LogP contribution in [-0.2, 0) is 4.79 Å². The van der Waals surface area contributed by atoms with Crippen LogP contribution >= 0.6 is 35.3 Å². The van der Waals surface area contributed by atoms with Gasteiger partial charge in [-0.05, 0) is 61.6 Å². The SMILES string of the molecule is CCOc1ccc(-n2c(=S)sc3c(=O)[nH]c(SCC(=O)Nc4cccc(F)c4)nc32)cc1. The van der Waals surface area contributed by atoms with E-state index in [1.54, 1.807) is 10.6 Å². The second kappa shape index (κ2) is 9.63. The molecule has 7 nitrogen and oxygen atoms in total. The molecule has 1 amide bonds. The number of halogens is 1. The van der Waals surface area contributed by atoms with E-state index in [0.717, 1.165) is 23.2 Å². The lowest BCUT2D eigenvalue weighted by Crippen LogP contribution is -2.15. The van der Waals surface area contributed by atoms with Crippen molar-refractivity contribution in [2.24, 2.45) is 0 Å². The molecule has 2 N–H and O–H groups in total. The van der Waals surface area contributed by atoms with Crippen LogP contribution in [0.4, 0.5) is 10.1 Å². The van der Waals surface area contributed by atoms with Crippen LogP contribution in [-0.4, -0.2) is 32.8 Å². The van der Waals surface area contributed by atoms with Crippen molar-refractivity contribution < 1.29 is 13.9 Å². The first-order chi connectivity index (χ1) is 15.4. The van der Waals surface area contributed by atoms with Crippen molar-refractivity contribution in [3.63, 3.8) is 0 Å². The molecule has 0 radical (unpaired) electrons. The van der Waals surface area contributed by atoms with Crippen LogP contribution in [0.15, 0.2) is 58.5 Å². The van der Waals surface area contributed by atoms with Crippen molar-refractivity contribution in [3.8, 4) is 11.4 Å². The van der Waals surface area contributed by atoms with Crippen LogP contribution in [0, 0.1) is 9.77 Å². The normalized spacial score (nSPS) is 10.9. The minimum Gasteiger partial charge on any atom is -0.494 e. The van der Waals surface area contributed by atoms with Crippen LogP contribution in [0.3, 0.4) is 0 Å². The van der Waals surface area contributed by atoms with E-state index >= 15 is 0 Å². The molecule has 0 spiro atoms. The Morgan fingerprint density at radius 3 is 2.81 bits per heavy atom. The van der Waals surface area contributed by atoms with Crippen LogP contribution < -0.4 is 15.6 Å². The number of anilines is 1. The quantitative estimate of drug-likeness (QED) is 0.221. The molecule has 0 bridgehead atoms. The number of nitrogens with one attached hydrogen (secondary N) is 2. The Morgan fingerprint density at radius 2 is 2.09 bits per heavy atom. The first-order valence-corrected chi connectivity index (χ1v) is 11.7. The van der Waals surface area contributed by atoms with Gasteiger partial charge in [-0.1, -0.05) is 29.2 Å². The molecule has 0 aliphatic rings. The van der Waals surface area contributed by atoms with Crippen LogP contribution in [0.5, 0.6) is 5.75 Å². The van der Waals surface area contributed by atoms with E-state index in [-0.39, 0.29) is 22.4 Å². The molecule has 2 aromatic carbocycles. The van der Waals surface area contributed by atoms with E-state index in [4.69, 9.17) is 17.0 Å². The summed E-state index contributed by atoms with van der Waals surface area (Å²) in [5, 5.41) is 2.89. The van der Waals surface area contributed by atoms with Gasteiger partial charge in [0.1, 0.15) is 16.3 Å². The molecule has 0 saturated heterocycles. The molecule has 0 unspecified atom stereocenters. The number of fused-ring (bicyclic) bond motifs is 1.